The fraction of sp³-hybridized carbons (Fsp3) is 0.500. The Bertz CT molecular complexity index is 1950. The van der Waals surface area contributed by atoms with Crippen LogP contribution in [0, 0.1) is 30.6 Å². The monoisotopic (exact) mass is 691 g/mol. The van der Waals surface area contributed by atoms with Crippen molar-refractivity contribution >= 4 is 5.91 Å². The normalized spacial score (nSPS) is 19.1. The number of pyridine rings is 1. The summed E-state index contributed by atoms with van der Waals surface area (Å²) in [5, 5.41) is 9.80. The van der Waals surface area contributed by atoms with Crippen molar-refractivity contribution in [3.63, 3.8) is 0 Å². The first kappa shape index (κ1) is 36.4. The molecule has 2 aromatic carbocycles. The van der Waals surface area contributed by atoms with Crippen LogP contribution in [0.2, 0.25) is 0 Å². The van der Waals surface area contributed by atoms with Gasteiger partial charge in [0.25, 0.3) is 11.5 Å². The number of allylic oxidation sites excluding steroid dienone is 1. The summed E-state index contributed by atoms with van der Waals surface area (Å²) >= 11 is 0. The molecule has 3 heterocycles. The fourth-order valence-electron chi connectivity index (χ4n) is 8.07. The van der Waals surface area contributed by atoms with Crippen LogP contribution in [0.25, 0.3) is 11.1 Å². The molecule has 2 fully saturated rings. The van der Waals surface area contributed by atoms with Crippen LogP contribution < -0.4 is 15.0 Å². The van der Waals surface area contributed by atoms with Crippen LogP contribution in [0.1, 0.15) is 80.0 Å². The molecule has 1 aromatic heterocycles. The Morgan fingerprint density at radius 2 is 1.71 bits per heavy atom. The molecule has 1 atom stereocenters. The zero-order chi connectivity index (χ0) is 36.8. The summed E-state index contributed by atoms with van der Waals surface area (Å²) in [6.45, 7) is 17.1. The Morgan fingerprint density at radius 3 is 2.31 bits per heavy atom. The van der Waals surface area contributed by atoms with Gasteiger partial charge < -0.3 is 18.9 Å². The van der Waals surface area contributed by atoms with Crippen molar-refractivity contribution in [2.75, 3.05) is 40.4 Å². The number of carbonyl (C=O) groups excluding carboxylic acids is 1. The number of carbonyl (C=O) groups is 1. The first-order valence-corrected chi connectivity index (χ1v) is 18.1. The Balaban J connectivity index is 1.17. The molecule has 2 aliphatic heterocycles. The topological polar surface area (TPSA) is 91.0 Å². The number of fused-ring (bicyclic) bond motifs is 1. The Morgan fingerprint density at radius 1 is 1.02 bits per heavy atom. The molecule has 1 amide bonds. The first-order chi connectivity index (χ1) is 24.2. The minimum absolute atomic E-state index is 0.0131. The number of aromatic nitrogens is 1. The minimum Gasteiger partial charge on any atom is -0.496 e. The van der Waals surface area contributed by atoms with Gasteiger partial charge in [-0.15, -0.1) is 0 Å². The van der Waals surface area contributed by atoms with Crippen molar-refractivity contribution in [3.8, 4) is 28.7 Å². The van der Waals surface area contributed by atoms with E-state index >= 15 is 0 Å². The molecule has 6 rings (SSSR count). The van der Waals surface area contributed by atoms with E-state index in [2.05, 4.69) is 53.1 Å². The van der Waals surface area contributed by atoms with Gasteiger partial charge in [0.1, 0.15) is 23.1 Å². The highest BCUT2D eigenvalue weighted by Crippen LogP contribution is 2.46. The number of rotatable bonds is 8. The second-order valence-electron chi connectivity index (χ2n) is 15.9. The lowest BCUT2D eigenvalue weighted by atomic mass is 9.90. The van der Waals surface area contributed by atoms with Crippen molar-refractivity contribution in [2.24, 2.45) is 12.5 Å². The molecule has 0 N–H and O–H groups in total. The van der Waals surface area contributed by atoms with E-state index in [1.54, 1.807) is 31.9 Å². The summed E-state index contributed by atoms with van der Waals surface area (Å²) in [4.78, 5) is 33.1. The molecule has 9 heteroatoms. The second-order valence-corrected chi connectivity index (χ2v) is 15.9. The largest absolute Gasteiger partial charge is 0.496 e. The molecule has 51 heavy (non-hydrogen) atoms. The second kappa shape index (κ2) is 14.0. The van der Waals surface area contributed by atoms with Crippen LogP contribution >= 0.6 is 0 Å². The molecule has 0 unspecified atom stereocenters. The van der Waals surface area contributed by atoms with Crippen LogP contribution in [-0.4, -0.2) is 71.1 Å². The Hall–Kier alpha value is -4.39. The lowest BCUT2D eigenvalue weighted by Gasteiger charge is -2.43. The summed E-state index contributed by atoms with van der Waals surface area (Å²) < 4.78 is 13.6. The molecule has 9 nitrogen and oxygen atoms in total. The van der Waals surface area contributed by atoms with Crippen LogP contribution in [-0.2, 0) is 31.4 Å². The van der Waals surface area contributed by atoms with Crippen molar-refractivity contribution < 1.29 is 14.3 Å². The molecule has 270 valence electrons. The number of nitriles is 1. The molecule has 1 saturated carbocycles. The number of methoxy groups -OCH3 is 2. The van der Waals surface area contributed by atoms with Crippen LogP contribution in [0.15, 0.2) is 53.0 Å². The lowest BCUT2D eigenvalue weighted by Crippen LogP contribution is -2.54. The average molecular weight is 692 g/mol. The fourth-order valence-corrected chi connectivity index (χ4v) is 8.07. The smallest absolute Gasteiger partial charge is 0.264 e. The van der Waals surface area contributed by atoms with E-state index in [-0.39, 0.29) is 34.0 Å². The number of hydrogen-bond acceptors (Lipinski definition) is 7. The van der Waals surface area contributed by atoms with Crippen molar-refractivity contribution in [1.82, 2.24) is 19.3 Å². The molecule has 0 radical (unpaired) electrons. The quantitative estimate of drug-likeness (QED) is 0.197. The van der Waals surface area contributed by atoms with Gasteiger partial charge in [-0.2, -0.15) is 5.26 Å². The van der Waals surface area contributed by atoms with Crippen LogP contribution in [0.5, 0.6) is 11.5 Å². The maximum atomic E-state index is 13.5. The molecule has 1 spiro atoms. The van der Waals surface area contributed by atoms with Crippen molar-refractivity contribution in [3.05, 3.63) is 91.9 Å². The molecular weight excluding hydrogens is 638 g/mol. The standard InChI is InChI=1S/C42H53N5O4/c1-27-28(2)39(48)44(7)24-35(27)32-19-37(50-8)36(38(20-32)51-9)25-45-16-17-46(42(26-45)13-14-42)23-30-10-11-31-12-15-47(29(3)34(31)18-30)40(49)33(22-43)21-41(4,5)6/h10-11,18-21,24,29H,12-17,23,25-26H2,1-9H3/b33-21+/t29-/m1/s1. The molecule has 3 aliphatic rings. The third-order valence-electron chi connectivity index (χ3n) is 11.2. The van der Waals surface area contributed by atoms with Crippen LogP contribution in [0.3, 0.4) is 0 Å². The summed E-state index contributed by atoms with van der Waals surface area (Å²) in [6, 6.07) is 13.0. The number of hydrogen-bond donors (Lipinski definition) is 0. The SMILES string of the molecule is COc1cc(-c2cn(C)c(=O)c(C)c2C)cc(OC)c1CN1CCN(Cc2ccc3c(c2)[C@@H](C)N(C(=O)/C(C#N)=C/C(C)(C)C)CC3)C2(CC2)C1. The average Bonchev–Trinajstić information content (AvgIpc) is 3.88. The maximum Gasteiger partial charge on any atom is 0.264 e. The van der Waals surface area contributed by atoms with E-state index in [1.807, 2.05) is 45.7 Å². The summed E-state index contributed by atoms with van der Waals surface area (Å²) in [5.74, 6) is 1.40. The highest BCUT2D eigenvalue weighted by atomic mass is 16.5. The van der Waals surface area contributed by atoms with Gasteiger partial charge in [-0.3, -0.25) is 19.4 Å². The molecule has 3 aromatic rings. The third kappa shape index (κ3) is 7.22. The maximum absolute atomic E-state index is 13.5. The minimum atomic E-state index is -0.250. The Kier molecular flexibility index (Phi) is 9.97. The number of aryl methyl sites for hydroxylation is 1. The zero-order valence-corrected chi connectivity index (χ0v) is 31.9. The van der Waals surface area contributed by atoms with E-state index in [9.17, 15) is 14.9 Å². The van der Waals surface area contributed by atoms with E-state index in [1.165, 1.54) is 29.5 Å². The van der Waals surface area contributed by atoms with Gasteiger partial charge in [-0.05, 0) is 85.4 Å². The molecule has 1 saturated heterocycles. The van der Waals surface area contributed by atoms with E-state index in [0.29, 0.717) is 6.54 Å². The number of piperazine rings is 1. The van der Waals surface area contributed by atoms with Gasteiger partial charge in [0.05, 0.1) is 25.8 Å². The number of benzene rings is 2. The lowest BCUT2D eigenvalue weighted by molar-refractivity contribution is -0.129. The van der Waals surface area contributed by atoms with Gasteiger partial charge >= 0.3 is 0 Å². The van der Waals surface area contributed by atoms with Crippen molar-refractivity contribution in [2.45, 2.75) is 85.5 Å². The molecular formula is C42H53N5O4. The van der Waals surface area contributed by atoms with Crippen LogP contribution in [0.4, 0.5) is 0 Å². The van der Waals surface area contributed by atoms with E-state index in [4.69, 9.17) is 9.47 Å². The highest BCUT2D eigenvalue weighted by Gasteiger charge is 2.51. The van der Waals surface area contributed by atoms with Gasteiger partial charge in [-0.25, -0.2) is 0 Å². The number of amides is 1. The summed E-state index contributed by atoms with van der Waals surface area (Å²) in [5.41, 5.74) is 8.56. The predicted octanol–water partition coefficient (Wildman–Crippen LogP) is 6.48. The van der Waals surface area contributed by atoms with Crippen molar-refractivity contribution in [1.29, 1.82) is 5.26 Å². The number of nitrogens with zero attached hydrogens (tertiary/aromatic N) is 5. The molecule has 0 bridgehead atoms. The number of ether oxygens (including phenoxy) is 2. The predicted molar refractivity (Wildman–Crippen MR) is 201 cm³/mol. The highest BCUT2D eigenvalue weighted by molar-refractivity contribution is 5.97. The van der Waals surface area contributed by atoms with E-state index in [0.717, 1.165) is 78.5 Å². The van der Waals surface area contributed by atoms with Gasteiger partial charge in [-0.1, -0.05) is 45.0 Å². The van der Waals surface area contributed by atoms with E-state index < -0.39 is 0 Å². The molecule has 1 aliphatic carbocycles. The Labute approximate surface area is 303 Å². The van der Waals surface area contributed by atoms with Gasteiger partial charge in [0, 0.05) is 69.2 Å². The van der Waals surface area contributed by atoms with Gasteiger partial charge in [0.2, 0.25) is 0 Å². The summed E-state index contributed by atoms with van der Waals surface area (Å²) in [6.07, 6.45) is 6.82. The summed E-state index contributed by atoms with van der Waals surface area (Å²) in [7, 11) is 5.21. The zero-order valence-electron chi connectivity index (χ0n) is 31.9. The first-order valence-electron chi connectivity index (χ1n) is 18.1. The van der Waals surface area contributed by atoms with Gasteiger partial charge in [0.15, 0.2) is 0 Å². The third-order valence-corrected chi connectivity index (χ3v) is 11.2.